The maximum Gasteiger partial charge on any atom is 0.0478 e. The van der Waals surface area contributed by atoms with Gasteiger partial charge in [0.25, 0.3) is 0 Å². The van der Waals surface area contributed by atoms with E-state index < -0.39 is 0 Å². The van der Waals surface area contributed by atoms with Crippen LogP contribution in [0.4, 0.5) is 0 Å². The Balaban J connectivity index is 1.66. The zero-order chi connectivity index (χ0) is 12.6. The van der Waals surface area contributed by atoms with E-state index in [-0.39, 0.29) is 0 Å². The summed E-state index contributed by atoms with van der Waals surface area (Å²) in [6.07, 6.45) is 0. The molecule has 1 N–H and O–H groups in total. The number of benzene rings is 1. The van der Waals surface area contributed by atoms with E-state index in [1.54, 1.807) is 0 Å². The highest BCUT2D eigenvalue weighted by atomic mass is 16.3. The summed E-state index contributed by atoms with van der Waals surface area (Å²) in [5.74, 6) is 0.456. The molecule has 3 heteroatoms. The average molecular weight is 246 g/mol. The summed E-state index contributed by atoms with van der Waals surface area (Å²) in [7, 11) is 2.17. The van der Waals surface area contributed by atoms with Crippen molar-refractivity contribution in [2.45, 2.75) is 6.54 Å². The molecule has 1 aromatic carbocycles. The van der Waals surface area contributed by atoms with Gasteiger partial charge in [-0.3, -0.25) is 4.90 Å². The topological polar surface area (TPSA) is 26.7 Å². The van der Waals surface area contributed by atoms with E-state index in [0.29, 0.717) is 17.9 Å². The summed E-state index contributed by atoms with van der Waals surface area (Å²) < 4.78 is 0. The van der Waals surface area contributed by atoms with Gasteiger partial charge in [-0.2, -0.15) is 0 Å². The van der Waals surface area contributed by atoms with E-state index in [2.05, 4.69) is 47.2 Å². The van der Waals surface area contributed by atoms with Gasteiger partial charge < -0.3 is 10.0 Å². The third-order valence-corrected chi connectivity index (χ3v) is 4.52. The first-order valence-electron chi connectivity index (χ1n) is 6.77. The lowest BCUT2D eigenvalue weighted by molar-refractivity contribution is -0.0195. The third kappa shape index (κ3) is 2.07. The van der Waals surface area contributed by atoms with Crippen LogP contribution in [0.2, 0.25) is 0 Å². The van der Waals surface area contributed by atoms with Crippen molar-refractivity contribution >= 4 is 0 Å². The fourth-order valence-electron chi connectivity index (χ4n) is 3.74. The number of nitrogens with zero attached hydrogens (tertiary/aromatic N) is 2. The molecule has 0 amide bonds. The van der Waals surface area contributed by atoms with E-state index in [9.17, 15) is 5.11 Å². The number of rotatable bonds is 3. The van der Waals surface area contributed by atoms with E-state index in [4.69, 9.17) is 0 Å². The van der Waals surface area contributed by atoms with Crippen LogP contribution in [-0.4, -0.2) is 54.7 Å². The molecular weight excluding hydrogens is 224 g/mol. The lowest BCUT2D eigenvalue weighted by Gasteiger charge is -2.49. The zero-order valence-electron chi connectivity index (χ0n) is 11.0. The molecule has 2 saturated heterocycles. The number of aliphatic hydroxyl groups excluding tert-OH is 1. The fourth-order valence-corrected chi connectivity index (χ4v) is 3.74. The summed E-state index contributed by atoms with van der Waals surface area (Å²) >= 11 is 0. The van der Waals surface area contributed by atoms with Crippen molar-refractivity contribution in [2.75, 3.05) is 39.8 Å². The zero-order valence-corrected chi connectivity index (χ0v) is 11.0. The molecule has 0 aliphatic carbocycles. The smallest absolute Gasteiger partial charge is 0.0478 e. The number of hydrogen-bond acceptors (Lipinski definition) is 3. The second-order valence-electron chi connectivity index (χ2n) is 6.07. The molecule has 0 bridgehead atoms. The minimum Gasteiger partial charge on any atom is -0.396 e. The van der Waals surface area contributed by atoms with E-state index in [1.807, 2.05) is 0 Å². The van der Waals surface area contributed by atoms with Gasteiger partial charge in [-0.25, -0.2) is 0 Å². The molecule has 2 aliphatic rings. The molecular formula is C15H22N2O. The van der Waals surface area contributed by atoms with Crippen molar-refractivity contribution in [1.82, 2.24) is 9.80 Å². The van der Waals surface area contributed by atoms with Crippen molar-refractivity contribution in [3.63, 3.8) is 0 Å². The van der Waals surface area contributed by atoms with Crippen LogP contribution < -0.4 is 0 Å². The van der Waals surface area contributed by atoms with Gasteiger partial charge in [-0.1, -0.05) is 30.3 Å². The van der Waals surface area contributed by atoms with Crippen molar-refractivity contribution in [3.05, 3.63) is 35.9 Å². The van der Waals surface area contributed by atoms with Gasteiger partial charge >= 0.3 is 0 Å². The largest absolute Gasteiger partial charge is 0.396 e. The van der Waals surface area contributed by atoms with Crippen LogP contribution in [0.5, 0.6) is 0 Å². The SMILES string of the molecule is CN1CC2(C1)CN(Cc1ccccc1)C[C@H]2CO. The Morgan fingerprint density at radius 1 is 1.22 bits per heavy atom. The lowest BCUT2D eigenvalue weighted by Crippen LogP contribution is -2.59. The molecule has 2 fully saturated rings. The number of hydrogen-bond donors (Lipinski definition) is 1. The Morgan fingerprint density at radius 3 is 2.56 bits per heavy atom. The predicted octanol–water partition coefficient (Wildman–Crippen LogP) is 1.04. The maximum absolute atomic E-state index is 9.59. The molecule has 0 saturated carbocycles. The van der Waals surface area contributed by atoms with Crippen LogP contribution in [0, 0.1) is 11.3 Å². The summed E-state index contributed by atoms with van der Waals surface area (Å²) in [6.45, 7) is 5.81. The molecule has 3 nitrogen and oxygen atoms in total. The van der Waals surface area contributed by atoms with Crippen LogP contribution in [0.3, 0.4) is 0 Å². The molecule has 0 aromatic heterocycles. The summed E-state index contributed by atoms with van der Waals surface area (Å²) in [5.41, 5.74) is 1.73. The van der Waals surface area contributed by atoms with Gasteiger partial charge in [0.1, 0.15) is 0 Å². The second-order valence-corrected chi connectivity index (χ2v) is 6.07. The molecule has 2 heterocycles. The molecule has 1 atom stereocenters. The summed E-state index contributed by atoms with van der Waals surface area (Å²) in [5, 5.41) is 9.59. The normalized spacial score (nSPS) is 27.6. The van der Waals surface area contributed by atoms with Gasteiger partial charge in [0, 0.05) is 50.7 Å². The Kier molecular flexibility index (Phi) is 3.14. The van der Waals surface area contributed by atoms with E-state index in [0.717, 1.165) is 32.7 Å². The van der Waals surface area contributed by atoms with Crippen LogP contribution in [0.1, 0.15) is 5.56 Å². The fraction of sp³-hybridized carbons (Fsp3) is 0.600. The third-order valence-electron chi connectivity index (χ3n) is 4.52. The highest BCUT2D eigenvalue weighted by molar-refractivity contribution is 5.15. The van der Waals surface area contributed by atoms with E-state index >= 15 is 0 Å². The Labute approximate surface area is 109 Å². The van der Waals surface area contributed by atoms with Gasteiger partial charge in [0.2, 0.25) is 0 Å². The lowest BCUT2D eigenvalue weighted by atomic mass is 9.72. The maximum atomic E-state index is 9.59. The van der Waals surface area contributed by atoms with Gasteiger partial charge in [-0.15, -0.1) is 0 Å². The summed E-state index contributed by atoms with van der Waals surface area (Å²) in [6, 6.07) is 10.6. The predicted molar refractivity (Wildman–Crippen MR) is 72.2 cm³/mol. The van der Waals surface area contributed by atoms with Crippen molar-refractivity contribution in [1.29, 1.82) is 0 Å². The van der Waals surface area contributed by atoms with Crippen molar-refractivity contribution in [2.24, 2.45) is 11.3 Å². The first-order valence-corrected chi connectivity index (χ1v) is 6.77. The van der Waals surface area contributed by atoms with Crippen molar-refractivity contribution < 1.29 is 5.11 Å². The molecule has 0 unspecified atom stereocenters. The highest BCUT2D eigenvalue weighted by Gasteiger charge is 2.52. The highest BCUT2D eigenvalue weighted by Crippen LogP contribution is 2.43. The van der Waals surface area contributed by atoms with Crippen molar-refractivity contribution in [3.8, 4) is 0 Å². The molecule has 1 aromatic rings. The van der Waals surface area contributed by atoms with Gasteiger partial charge in [0.15, 0.2) is 0 Å². The van der Waals surface area contributed by atoms with E-state index in [1.165, 1.54) is 5.56 Å². The van der Waals surface area contributed by atoms with Gasteiger partial charge in [-0.05, 0) is 12.6 Å². The monoisotopic (exact) mass is 246 g/mol. The standard InChI is InChI=1S/C15H22N2O/c1-16-10-15(11-16)12-17(8-14(15)9-18)7-13-5-3-2-4-6-13/h2-6,14,18H,7-12H2,1H3/t14-/m0/s1. The minimum absolute atomic E-state index is 0.332. The molecule has 3 rings (SSSR count). The second kappa shape index (κ2) is 4.65. The average Bonchev–Trinajstić information content (AvgIpc) is 2.68. The molecule has 2 aliphatic heterocycles. The first kappa shape index (κ1) is 12.2. The molecule has 1 spiro atoms. The van der Waals surface area contributed by atoms with Crippen LogP contribution in [0.25, 0.3) is 0 Å². The molecule has 0 radical (unpaired) electrons. The van der Waals surface area contributed by atoms with Crippen LogP contribution in [0.15, 0.2) is 30.3 Å². The number of aliphatic hydroxyl groups is 1. The first-order chi connectivity index (χ1) is 8.72. The number of likely N-dealkylation sites (tertiary alicyclic amines) is 2. The van der Waals surface area contributed by atoms with Crippen LogP contribution >= 0.6 is 0 Å². The summed E-state index contributed by atoms with van der Waals surface area (Å²) in [4.78, 5) is 4.86. The minimum atomic E-state index is 0.332. The Bertz CT molecular complexity index is 400. The molecule has 98 valence electrons. The Morgan fingerprint density at radius 2 is 1.94 bits per heavy atom. The Hall–Kier alpha value is -0.900. The molecule has 18 heavy (non-hydrogen) atoms. The van der Waals surface area contributed by atoms with Crippen LogP contribution in [-0.2, 0) is 6.54 Å². The van der Waals surface area contributed by atoms with Gasteiger partial charge in [0.05, 0.1) is 0 Å². The quantitative estimate of drug-likeness (QED) is 0.863.